The highest BCUT2D eigenvalue weighted by atomic mass is 79.9. The number of rotatable bonds is 2. The number of halogens is 1. The van der Waals surface area contributed by atoms with Crippen LogP contribution in [0.15, 0.2) is 22.7 Å². The molecule has 5 heteroatoms. The Bertz CT molecular complexity index is 477. The Kier molecular flexibility index (Phi) is 4.47. The summed E-state index contributed by atoms with van der Waals surface area (Å²) in [5.41, 5.74) is 6.45. The molecule has 104 valence electrons. The molecular weight excluding hydrogens is 308 g/mol. The molecule has 0 aliphatic carbocycles. The van der Waals surface area contributed by atoms with Crippen LogP contribution in [0.3, 0.4) is 0 Å². The van der Waals surface area contributed by atoms with E-state index in [0.29, 0.717) is 22.5 Å². The first-order valence-corrected chi connectivity index (χ1v) is 7.31. The maximum absolute atomic E-state index is 12.4. The normalized spacial score (nSPS) is 21.2. The number of likely N-dealkylation sites (tertiary alicyclic amines) is 1. The fourth-order valence-electron chi connectivity index (χ4n) is 2.45. The van der Waals surface area contributed by atoms with Gasteiger partial charge >= 0.3 is 0 Å². The van der Waals surface area contributed by atoms with Crippen molar-refractivity contribution in [3.8, 4) is 5.75 Å². The van der Waals surface area contributed by atoms with Gasteiger partial charge in [-0.1, -0.05) is 0 Å². The largest absolute Gasteiger partial charge is 0.507 e. The Balaban J connectivity index is 2.12. The fraction of sp³-hybridized carbons (Fsp3) is 0.500. The highest BCUT2D eigenvalue weighted by molar-refractivity contribution is 9.10. The van der Waals surface area contributed by atoms with Gasteiger partial charge in [0.25, 0.3) is 5.91 Å². The quantitative estimate of drug-likeness (QED) is 0.876. The molecular formula is C14H19BrN2O2. The van der Waals surface area contributed by atoms with Gasteiger partial charge in [-0.05, 0) is 59.8 Å². The summed E-state index contributed by atoms with van der Waals surface area (Å²) >= 11 is 3.21. The third kappa shape index (κ3) is 3.28. The molecule has 0 spiro atoms. The molecule has 19 heavy (non-hydrogen) atoms. The molecule has 1 fully saturated rings. The number of carbonyl (C=O) groups excluding carboxylic acids is 1. The highest BCUT2D eigenvalue weighted by Gasteiger charge is 2.26. The van der Waals surface area contributed by atoms with Gasteiger partial charge in [0.15, 0.2) is 0 Å². The standard InChI is InChI=1S/C14H19BrN2O2/c1-9(16)11-3-2-6-17(8-11)14(19)10-4-5-12(15)13(18)7-10/h4-5,7,9,11,18H,2-3,6,8,16H2,1H3. The van der Waals surface area contributed by atoms with E-state index in [1.165, 1.54) is 6.07 Å². The summed E-state index contributed by atoms with van der Waals surface area (Å²) in [4.78, 5) is 14.2. The summed E-state index contributed by atoms with van der Waals surface area (Å²) in [6, 6.07) is 5.02. The number of phenols is 1. The first kappa shape index (κ1) is 14.3. The van der Waals surface area contributed by atoms with Crippen LogP contribution >= 0.6 is 15.9 Å². The summed E-state index contributed by atoms with van der Waals surface area (Å²) in [6.07, 6.45) is 2.06. The van der Waals surface area contributed by atoms with Crippen molar-refractivity contribution in [2.24, 2.45) is 11.7 Å². The maximum atomic E-state index is 12.4. The zero-order valence-electron chi connectivity index (χ0n) is 11.0. The van der Waals surface area contributed by atoms with E-state index in [9.17, 15) is 9.90 Å². The van der Waals surface area contributed by atoms with Crippen molar-refractivity contribution < 1.29 is 9.90 Å². The van der Waals surface area contributed by atoms with Gasteiger partial charge in [-0.3, -0.25) is 4.79 Å². The van der Waals surface area contributed by atoms with E-state index in [0.717, 1.165) is 19.4 Å². The van der Waals surface area contributed by atoms with E-state index >= 15 is 0 Å². The first-order chi connectivity index (χ1) is 8.99. The lowest BCUT2D eigenvalue weighted by atomic mass is 9.92. The van der Waals surface area contributed by atoms with E-state index in [1.54, 1.807) is 12.1 Å². The van der Waals surface area contributed by atoms with Crippen molar-refractivity contribution in [1.29, 1.82) is 0 Å². The van der Waals surface area contributed by atoms with Crippen LogP contribution < -0.4 is 5.73 Å². The first-order valence-electron chi connectivity index (χ1n) is 6.52. The predicted molar refractivity (Wildman–Crippen MR) is 78.1 cm³/mol. The molecule has 1 aromatic carbocycles. The molecule has 2 rings (SSSR count). The van der Waals surface area contributed by atoms with Gasteiger partial charge < -0.3 is 15.7 Å². The minimum Gasteiger partial charge on any atom is -0.507 e. The highest BCUT2D eigenvalue weighted by Crippen LogP contribution is 2.26. The van der Waals surface area contributed by atoms with Crippen LogP contribution in [-0.2, 0) is 0 Å². The monoisotopic (exact) mass is 326 g/mol. The molecule has 0 radical (unpaired) electrons. The molecule has 1 aliphatic heterocycles. The van der Waals surface area contributed by atoms with Crippen LogP contribution in [0, 0.1) is 5.92 Å². The van der Waals surface area contributed by atoms with E-state index in [4.69, 9.17) is 5.73 Å². The number of nitrogens with zero attached hydrogens (tertiary/aromatic N) is 1. The minimum atomic E-state index is -0.0341. The molecule has 0 bridgehead atoms. The van der Waals surface area contributed by atoms with Crippen LogP contribution in [0.25, 0.3) is 0 Å². The number of phenolic OH excluding ortho intramolecular Hbond substituents is 1. The molecule has 1 aromatic rings. The summed E-state index contributed by atoms with van der Waals surface area (Å²) in [5, 5.41) is 9.65. The zero-order valence-corrected chi connectivity index (χ0v) is 12.6. The van der Waals surface area contributed by atoms with Gasteiger partial charge in [-0.2, -0.15) is 0 Å². The second-order valence-electron chi connectivity index (χ2n) is 5.18. The third-order valence-electron chi connectivity index (χ3n) is 3.68. The van der Waals surface area contributed by atoms with Crippen molar-refractivity contribution in [2.45, 2.75) is 25.8 Å². The SMILES string of the molecule is CC(N)C1CCCN(C(=O)c2ccc(Br)c(O)c2)C1. The maximum Gasteiger partial charge on any atom is 0.253 e. The van der Waals surface area contributed by atoms with Gasteiger partial charge in [0.05, 0.1) is 4.47 Å². The number of piperidine rings is 1. The average Bonchev–Trinajstić information content (AvgIpc) is 2.41. The number of aromatic hydroxyl groups is 1. The molecule has 1 heterocycles. The Morgan fingerprint density at radius 3 is 2.95 bits per heavy atom. The molecule has 0 aromatic heterocycles. The predicted octanol–water partition coefficient (Wildman–Crippen LogP) is 2.35. The second-order valence-corrected chi connectivity index (χ2v) is 6.03. The van der Waals surface area contributed by atoms with Gasteiger partial charge in [0.2, 0.25) is 0 Å². The molecule has 2 unspecified atom stereocenters. The summed E-state index contributed by atoms with van der Waals surface area (Å²) in [5.74, 6) is 0.418. The summed E-state index contributed by atoms with van der Waals surface area (Å²) in [6.45, 7) is 3.45. The lowest BCUT2D eigenvalue weighted by molar-refractivity contribution is 0.0660. The second kappa shape index (κ2) is 5.92. The van der Waals surface area contributed by atoms with E-state index in [2.05, 4.69) is 15.9 Å². The number of hydrogen-bond acceptors (Lipinski definition) is 3. The molecule has 4 nitrogen and oxygen atoms in total. The van der Waals surface area contributed by atoms with Crippen molar-refractivity contribution in [3.63, 3.8) is 0 Å². The van der Waals surface area contributed by atoms with E-state index in [1.807, 2.05) is 11.8 Å². The number of carbonyl (C=O) groups is 1. The van der Waals surface area contributed by atoms with Crippen LogP contribution in [0.5, 0.6) is 5.75 Å². The number of benzene rings is 1. The number of hydrogen-bond donors (Lipinski definition) is 2. The van der Waals surface area contributed by atoms with Crippen molar-refractivity contribution in [3.05, 3.63) is 28.2 Å². The van der Waals surface area contributed by atoms with Crippen LogP contribution in [0.1, 0.15) is 30.1 Å². The van der Waals surface area contributed by atoms with Crippen LogP contribution in [-0.4, -0.2) is 35.0 Å². The van der Waals surface area contributed by atoms with E-state index < -0.39 is 0 Å². The molecule has 1 saturated heterocycles. The molecule has 1 amide bonds. The number of amides is 1. The summed E-state index contributed by atoms with van der Waals surface area (Å²) < 4.78 is 0.594. The molecule has 1 aliphatic rings. The zero-order chi connectivity index (χ0) is 14.0. The van der Waals surface area contributed by atoms with Crippen LogP contribution in [0.4, 0.5) is 0 Å². The van der Waals surface area contributed by atoms with Gasteiger partial charge in [-0.15, -0.1) is 0 Å². The summed E-state index contributed by atoms with van der Waals surface area (Å²) in [7, 11) is 0. The third-order valence-corrected chi connectivity index (χ3v) is 4.35. The Morgan fingerprint density at radius 2 is 2.32 bits per heavy atom. The minimum absolute atomic E-state index is 0.0341. The Morgan fingerprint density at radius 1 is 1.58 bits per heavy atom. The van der Waals surface area contributed by atoms with Crippen molar-refractivity contribution in [1.82, 2.24) is 4.90 Å². The van der Waals surface area contributed by atoms with Gasteiger partial charge in [0, 0.05) is 24.7 Å². The lowest BCUT2D eigenvalue weighted by Gasteiger charge is -2.34. The van der Waals surface area contributed by atoms with Gasteiger partial charge in [-0.25, -0.2) is 0 Å². The fourth-order valence-corrected chi connectivity index (χ4v) is 2.70. The Hall–Kier alpha value is -1.07. The van der Waals surface area contributed by atoms with Crippen molar-refractivity contribution >= 4 is 21.8 Å². The average molecular weight is 327 g/mol. The van der Waals surface area contributed by atoms with Crippen LogP contribution in [0.2, 0.25) is 0 Å². The Labute approximate surface area is 121 Å². The van der Waals surface area contributed by atoms with Crippen molar-refractivity contribution in [2.75, 3.05) is 13.1 Å². The molecule has 0 saturated carbocycles. The van der Waals surface area contributed by atoms with E-state index in [-0.39, 0.29) is 17.7 Å². The topological polar surface area (TPSA) is 66.6 Å². The molecule has 3 N–H and O–H groups in total. The number of nitrogens with two attached hydrogens (primary N) is 1. The van der Waals surface area contributed by atoms with Gasteiger partial charge in [0.1, 0.15) is 5.75 Å². The smallest absolute Gasteiger partial charge is 0.253 e. The molecule has 2 atom stereocenters. The lowest BCUT2D eigenvalue weighted by Crippen LogP contribution is -2.45.